The van der Waals surface area contributed by atoms with E-state index in [9.17, 15) is 14.9 Å². The largest absolute Gasteiger partial charge is 0.312 e. The molecule has 2 aromatic rings. The molecule has 0 saturated carbocycles. The Morgan fingerprint density at radius 1 is 1.43 bits per heavy atom. The molecule has 0 bridgehead atoms. The first-order valence-electron chi connectivity index (χ1n) is 5.36. The van der Waals surface area contributed by atoms with Gasteiger partial charge in [0.1, 0.15) is 16.1 Å². The number of nitriles is 1. The number of thiophene rings is 1. The van der Waals surface area contributed by atoms with Crippen molar-refractivity contribution < 1.29 is 9.72 Å². The van der Waals surface area contributed by atoms with E-state index >= 15 is 0 Å². The van der Waals surface area contributed by atoms with Gasteiger partial charge in [-0.05, 0) is 17.5 Å². The quantitative estimate of drug-likeness (QED) is 0.671. The van der Waals surface area contributed by atoms with E-state index < -0.39 is 16.5 Å². The summed E-state index contributed by atoms with van der Waals surface area (Å²) >= 11 is 12.7. The predicted octanol–water partition coefficient (Wildman–Crippen LogP) is 4.09. The van der Waals surface area contributed by atoms with E-state index in [1.807, 2.05) is 6.07 Å². The fraction of sp³-hybridized carbons (Fsp3) is 0. The van der Waals surface area contributed by atoms with Gasteiger partial charge in [0.25, 0.3) is 11.6 Å². The zero-order chi connectivity index (χ0) is 15.6. The Balaban J connectivity index is 2.36. The Kier molecular flexibility index (Phi) is 4.43. The van der Waals surface area contributed by atoms with Crippen LogP contribution >= 0.6 is 34.5 Å². The third kappa shape index (κ3) is 3.13. The number of nitrogens with one attached hydrogen (secondary N) is 1. The topological polar surface area (TPSA) is 96.0 Å². The highest BCUT2D eigenvalue weighted by molar-refractivity contribution is 7.14. The lowest BCUT2D eigenvalue weighted by atomic mass is 10.2. The van der Waals surface area contributed by atoms with Crippen LogP contribution in [0.15, 0.2) is 23.6 Å². The van der Waals surface area contributed by atoms with Gasteiger partial charge in [-0.15, -0.1) is 11.3 Å². The van der Waals surface area contributed by atoms with Crippen LogP contribution in [0.2, 0.25) is 10.0 Å². The summed E-state index contributed by atoms with van der Waals surface area (Å²) in [7, 11) is 0. The van der Waals surface area contributed by atoms with Crippen molar-refractivity contribution in [3.63, 3.8) is 0 Å². The van der Waals surface area contributed by atoms with Crippen molar-refractivity contribution in [3.8, 4) is 6.07 Å². The third-order valence-electron chi connectivity index (χ3n) is 2.48. The maximum Gasteiger partial charge on any atom is 0.290 e. The average Bonchev–Trinajstić information content (AvgIpc) is 2.88. The number of nitro benzene ring substituents is 1. The van der Waals surface area contributed by atoms with Gasteiger partial charge in [-0.3, -0.25) is 14.9 Å². The molecule has 21 heavy (non-hydrogen) atoms. The van der Waals surface area contributed by atoms with E-state index in [1.54, 1.807) is 11.4 Å². The van der Waals surface area contributed by atoms with E-state index in [4.69, 9.17) is 28.5 Å². The molecule has 1 amide bonds. The second-order valence-electron chi connectivity index (χ2n) is 3.78. The van der Waals surface area contributed by atoms with Crippen molar-refractivity contribution in [2.75, 3.05) is 5.32 Å². The van der Waals surface area contributed by atoms with Crippen LogP contribution in [0.1, 0.15) is 15.9 Å². The van der Waals surface area contributed by atoms with Gasteiger partial charge in [0, 0.05) is 11.6 Å². The molecule has 0 fully saturated rings. The van der Waals surface area contributed by atoms with Crippen LogP contribution < -0.4 is 5.32 Å². The summed E-state index contributed by atoms with van der Waals surface area (Å²) in [5.74, 6) is -0.615. The second kappa shape index (κ2) is 6.10. The van der Waals surface area contributed by atoms with Crippen LogP contribution in [-0.2, 0) is 0 Å². The number of amides is 1. The lowest BCUT2D eigenvalue weighted by molar-refractivity contribution is -0.384. The molecule has 0 aliphatic heterocycles. The van der Waals surface area contributed by atoms with E-state index in [0.717, 1.165) is 6.07 Å². The molecule has 0 unspecified atom stereocenters. The molecule has 6 nitrogen and oxygen atoms in total. The SMILES string of the molecule is N#Cc1ccsc1NC(=O)c1cc(Cl)c(Cl)c([N+](=O)[O-])c1. The van der Waals surface area contributed by atoms with E-state index in [2.05, 4.69) is 5.32 Å². The van der Waals surface area contributed by atoms with Gasteiger partial charge in [0.2, 0.25) is 0 Å². The van der Waals surface area contributed by atoms with Gasteiger partial charge < -0.3 is 5.32 Å². The Labute approximate surface area is 132 Å². The lowest BCUT2D eigenvalue weighted by Gasteiger charge is -2.05. The summed E-state index contributed by atoms with van der Waals surface area (Å²) in [5.41, 5.74) is -0.169. The number of nitro groups is 1. The first kappa shape index (κ1) is 15.3. The Morgan fingerprint density at radius 2 is 2.14 bits per heavy atom. The Bertz CT molecular complexity index is 783. The minimum Gasteiger partial charge on any atom is -0.312 e. The highest BCUT2D eigenvalue weighted by Crippen LogP contribution is 2.33. The van der Waals surface area contributed by atoms with Crippen molar-refractivity contribution in [2.24, 2.45) is 0 Å². The lowest BCUT2D eigenvalue weighted by Crippen LogP contribution is -2.12. The molecule has 0 radical (unpaired) electrons. The average molecular weight is 342 g/mol. The number of anilines is 1. The third-order valence-corrected chi connectivity index (χ3v) is 4.10. The van der Waals surface area contributed by atoms with Gasteiger partial charge in [-0.2, -0.15) is 5.26 Å². The summed E-state index contributed by atoms with van der Waals surface area (Å²) in [5, 5.41) is 23.9. The monoisotopic (exact) mass is 341 g/mol. The number of benzene rings is 1. The zero-order valence-electron chi connectivity index (χ0n) is 10.1. The van der Waals surface area contributed by atoms with Crippen LogP contribution in [0.4, 0.5) is 10.7 Å². The van der Waals surface area contributed by atoms with Crippen molar-refractivity contribution in [3.05, 3.63) is 54.9 Å². The van der Waals surface area contributed by atoms with Gasteiger partial charge in [-0.25, -0.2) is 0 Å². The fourth-order valence-electron chi connectivity index (χ4n) is 1.51. The number of nitrogens with zero attached hydrogens (tertiary/aromatic N) is 2. The number of carbonyl (C=O) groups excluding carboxylic acids is 1. The summed E-state index contributed by atoms with van der Waals surface area (Å²) in [6, 6.07) is 5.73. The summed E-state index contributed by atoms with van der Waals surface area (Å²) in [6.07, 6.45) is 0. The van der Waals surface area contributed by atoms with Crippen molar-refractivity contribution in [1.29, 1.82) is 5.26 Å². The van der Waals surface area contributed by atoms with E-state index in [1.165, 1.54) is 17.4 Å². The van der Waals surface area contributed by atoms with Gasteiger partial charge >= 0.3 is 0 Å². The molecule has 2 rings (SSSR count). The minimum atomic E-state index is -0.725. The first-order chi connectivity index (χ1) is 9.93. The summed E-state index contributed by atoms with van der Waals surface area (Å²) < 4.78 is 0. The number of halogens is 2. The number of hydrogen-bond acceptors (Lipinski definition) is 5. The molecule has 0 saturated heterocycles. The first-order valence-corrected chi connectivity index (χ1v) is 7.00. The maximum atomic E-state index is 12.1. The highest BCUT2D eigenvalue weighted by atomic mass is 35.5. The normalized spacial score (nSPS) is 9.95. The van der Waals surface area contributed by atoms with Crippen molar-refractivity contribution >= 4 is 51.1 Å². The van der Waals surface area contributed by atoms with Crippen molar-refractivity contribution in [1.82, 2.24) is 0 Å². The van der Waals surface area contributed by atoms with Crippen LogP contribution in [0.25, 0.3) is 0 Å². The number of hydrogen-bond donors (Lipinski definition) is 1. The smallest absolute Gasteiger partial charge is 0.290 e. The van der Waals surface area contributed by atoms with Crippen LogP contribution in [0.5, 0.6) is 0 Å². The fourth-order valence-corrected chi connectivity index (χ4v) is 2.63. The maximum absolute atomic E-state index is 12.1. The molecule has 1 N–H and O–H groups in total. The van der Waals surface area contributed by atoms with E-state index in [-0.39, 0.29) is 15.6 Å². The van der Waals surface area contributed by atoms with Gasteiger partial charge in [-0.1, -0.05) is 23.2 Å². The molecule has 1 heterocycles. The standard InChI is InChI=1S/C12H5Cl2N3O3S/c13-8-3-7(4-9(10(8)14)17(19)20)11(18)16-12-6(5-15)1-2-21-12/h1-4H,(H,16,18). The van der Waals surface area contributed by atoms with Crippen LogP contribution in [0.3, 0.4) is 0 Å². The molecule has 106 valence electrons. The molecular formula is C12H5Cl2N3O3S. The molecule has 0 atom stereocenters. The minimum absolute atomic E-state index is 0.0200. The van der Waals surface area contributed by atoms with Crippen LogP contribution in [-0.4, -0.2) is 10.8 Å². The van der Waals surface area contributed by atoms with Gasteiger partial charge in [0.15, 0.2) is 0 Å². The predicted molar refractivity (Wildman–Crippen MR) is 80.1 cm³/mol. The summed E-state index contributed by atoms with van der Waals surface area (Å²) in [4.78, 5) is 22.2. The van der Waals surface area contributed by atoms with Crippen LogP contribution in [0, 0.1) is 21.4 Å². The zero-order valence-corrected chi connectivity index (χ0v) is 12.4. The second-order valence-corrected chi connectivity index (χ2v) is 5.48. The molecule has 0 aliphatic rings. The molecule has 1 aromatic carbocycles. The molecule has 0 aliphatic carbocycles. The Hall–Kier alpha value is -2.14. The summed E-state index contributed by atoms with van der Waals surface area (Å²) in [6.45, 7) is 0. The van der Waals surface area contributed by atoms with Crippen molar-refractivity contribution in [2.45, 2.75) is 0 Å². The molecular weight excluding hydrogens is 337 g/mol. The molecule has 9 heteroatoms. The molecule has 0 spiro atoms. The van der Waals surface area contributed by atoms with Gasteiger partial charge in [0.05, 0.1) is 15.5 Å². The number of carbonyl (C=O) groups is 1. The number of rotatable bonds is 3. The Morgan fingerprint density at radius 3 is 2.76 bits per heavy atom. The van der Waals surface area contributed by atoms with E-state index in [0.29, 0.717) is 10.6 Å². The highest BCUT2D eigenvalue weighted by Gasteiger charge is 2.20. The molecule has 1 aromatic heterocycles.